The monoisotopic (exact) mass is 177 g/mol. The van der Waals surface area contributed by atoms with Gasteiger partial charge in [-0.2, -0.15) is 0 Å². The van der Waals surface area contributed by atoms with Crippen LogP contribution in [0, 0.1) is 0 Å². The SMILES string of the molecule is C[SiH2]N([SiH](C)C)[SiH](C)C. The molecule has 0 aliphatic rings. The van der Waals surface area contributed by atoms with Crippen LogP contribution in [-0.4, -0.2) is 31.5 Å². The van der Waals surface area contributed by atoms with E-state index in [-0.39, 0.29) is 27.6 Å². The molecule has 0 rings (SSSR count). The first kappa shape index (κ1) is 9.61. The lowest BCUT2D eigenvalue weighted by molar-refractivity contribution is 1.03. The number of hydrogen-bond donors (Lipinski definition) is 0. The van der Waals surface area contributed by atoms with E-state index in [1.807, 2.05) is 0 Å². The Labute approximate surface area is 64.7 Å². The van der Waals surface area contributed by atoms with E-state index < -0.39 is 0 Å². The summed E-state index contributed by atoms with van der Waals surface area (Å²) in [5.41, 5.74) is 0. The van der Waals surface area contributed by atoms with Crippen molar-refractivity contribution in [1.29, 1.82) is 0 Å². The Morgan fingerprint density at radius 3 is 1.33 bits per heavy atom. The Balaban J connectivity index is 3.68. The van der Waals surface area contributed by atoms with Crippen molar-refractivity contribution in [1.82, 2.24) is 3.90 Å². The van der Waals surface area contributed by atoms with Gasteiger partial charge in [0.05, 0.1) is 27.6 Å². The Kier molecular flexibility index (Phi) is 4.73. The molecule has 0 bridgehead atoms. The van der Waals surface area contributed by atoms with E-state index in [4.69, 9.17) is 0 Å². The van der Waals surface area contributed by atoms with E-state index in [1.54, 1.807) is 0 Å². The summed E-state index contributed by atoms with van der Waals surface area (Å²) in [6.07, 6.45) is 0. The third kappa shape index (κ3) is 3.34. The largest absolute Gasteiger partial charge is 0.378 e. The Morgan fingerprint density at radius 2 is 1.33 bits per heavy atom. The minimum absolute atomic E-state index is 0.190. The fourth-order valence-electron chi connectivity index (χ4n) is 1.33. The Morgan fingerprint density at radius 1 is 1.00 bits per heavy atom. The average Bonchev–Trinajstić information content (AvgIpc) is 1.64. The highest BCUT2D eigenvalue weighted by Gasteiger charge is 2.11. The minimum atomic E-state index is -0.387. The molecule has 0 saturated heterocycles. The molecule has 1 nitrogen and oxygen atoms in total. The molecule has 0 atom stereocenters. The van der Waals surface area contributed by atoms with Crippen LogP contribution in [0.4, 0.5) is 0 Å². The summed E-state index contributed by atoms with van der Waals surface area (Å²) in [5, 5.41) is 0. The van der Waals surface area contributed by atoms with E-state index >= 15 is 0 Å². The van der Waals surface area contributed by atoms with Crippen molar-refractivity contribution in [3.8, 4) is 0 Å². The van der Waals surface area contributed by atoms with Crippen LogP contribution >= 0.6 is 0 Å². The zero-order chi connectivity index (χ0) is 7.44. The van der Waals surface area contributed by atoms with Crippen molar-refractivity contribution >= 4 is 27.6 Å². The molecule has 0 saturated carbocycles. The molecular weight excluding hydrogens is 158 g/mol. The summed E-state index contributed by atoms with van der Waals surface area (Å²) < 4.78 is 2.88. The van der Waals surface area contributed by atoms with Crippen LogP contribution in [0.15, 0.2) is 0 Å². The smallest absolute Gasteiger partial charge is 0.0911 e. The third-order valence-electron chi connectivity index (χ3n) is 1.69. The highest BCUT2D eigenvalue weighted by molar-refractivity contribution is 6.79. The van der Waals surface area contributed by atoms with Gasteiger partial charge >= 0.3 is 0 Å². The number of hydrogen-bond acceptors (Lipinski definition) is 1. The fraction of sp³-hybridized carbons (Fsp3) is 1.00. The molecule has 0 fully saturated rings. The fourth-order valence-corrected chi connectivity index (χ4v) is 11.9. The molecule has 0 unspecified atom stereocenters. The van der Waals surface area contributed by atoms with Gasteiger partial charge in [0.25, 0.3) is 0 Å². The Hall–Kier alpha value is 0.611. The topological polar surface area (TPSA) is 3.24 Å². The maximum absolute atomic E-state index is 2.88. The van der Waals surface area contributed by atoms with Crippen LogP contribution in [-0.2, 0) is 0 Å². The maximum Gasteiger partial charge on any atom is 0.0911 e. The van der Waals surface area contributed by atoms with Crippen LogP contribution in [0.25, 0.3) is 0 Å². The standard InChI is InChI=1S/C5H19NSi3/c1-7-6(8(2)3)9(4)5/h8-9H,7H2,1-5H3. The lowest BCUT2D eigenvalue weighted by Gasteiger charge is -2.27. The molecule has 0 aliphatic carbocycles. The highest BCUT2D eigenvalue weighted by Crippen LogP contribution is 1.95. The number of nitrogens with zero attached hydrogens (tertiary/aromatic N) is 1. The van der Waals surface area contributed by atoms with Gasteiger partial charge in [-0.1, -0.05) is 32.7 Å². The van der Waals surface area contributed by atoms with Gasteiger partial charge in [-0.05, 0) is 0 Å². The molecule has 0 aromatic heterocycles. The van der Waals surface area contributed by atoms with E-state index in [2.05, 4.69) is 36.6 Å². The zero-order valence-corrected chi connectivity index (χ0v) is 11.0. The van der Waals surface area contributed by atoms with Gasteiger partial charge in [0.1, 0.15) is 0 Å². The summed E-state index contributed by atoms with van der Waals surface area (Å²) in [7, 11) is -0.583. The normalized spacial score (nSPS) is 13.3. The van der Waals surface area contributed by atoms with E-state index in [0.29, 0.717) is 0 Å². The summed E-state index contributed by atoms with van der Waals surface area (Å²) in [5.74, 6) is 0. The van der Waals surface area contributed by atoms with Crippen molar-refractivity contribution in [2.75, 3.05) is 0 Å². The van der Waals surface area contributed by atoms with Gasteiger partial charge in [0.15, 0.2) is 0 Å². The zero-order valence-electron chi connectivity index (χ0n) is 7.31. The molecule has 0 radical (unpaired) electrons. The summed E-state index contributed by atoms with van der Waals surface area (Å²) in [6.45, 7) is 12.2. The van der Waals surface area contributed by atoms with Crippen LogP contribution in [0.2, 0.25) is 32.7 Å². The molecule has 4 heteroatoms. The van der Waals surface area contributed by atoms with Gasteiger partial charge in [-0.3, -0.25) is 0 Å². The van der Waals surface area contributed by atoms with Gasteiger partial charge in [0, 0.05) is 0 Å². The quantitative estimate of drug-likeness (QED) is 0.564. The number of rotatable bonds is 3. The van der Waals surface area contributed by atoms with Crippen LogP contribution in [0.3, 0.4) is 0 Å². The molecule has 0 aromatic carbocycles. The highest BCUT2D eigenvalue weighted by atomic mass is 28.4. The van der Waals surface area contributed by atoms with Crippen molar-refractivity contribution < 1.29 is 0 Å². The first-order valence-electron chi connectivity index (χ1n) is 3.85. The first-order chi connectivity index (χ1) is 4.09. The van der Waals surface area contributed by atoms with Crippen LogP contribution < -0.4 is 0 Å². The maximum atomic E-state index is 2.88. The van der Waals surface area contributed by atoms with E-state index in [1.165, 1.54) is 0 Å². The summed E-state index contributed by atoms with van der Waals surface area (Å²) >= 11 is 0. The van der Waals surface area contributed by atoms with E-state index in [0.717, 1.165) is 0 Å². The van der Waals surface area contributed by atoms with Gasteiger partial charge < -0.3 is 3.90 Å². The molecule has 0 spiro atoms. The third-order valence-corrected chi connectivity index (χ3v) is 15.2. The second-order valence-corrected chi connectivity index (χ2v) is 12.1. The summed E-state index contributed by atoms with van der Waals surface area (Å²) in [4.78, 5) is 0. The molecule has 0 aliphatic heterocycles. The first-order valence-corrected chi connectivity index (χ1v) is 11.5. The summed E-state index contributed by atoms with van der Waals surface area (Å²) in [6, 6.07) is 0. The lowest BCUT2D eigenvalue weighted by atomic mass is 11.9. The van der Waals surface area contributed by atoms with Crippen molar-refractivity contribution in [2.24, 2.45) is 0 Å². The molecule has 0 N–H and O–H groups in total. The van der Waals surface area contributed by atoms with E-state index in [9.17, 15) is 0 Å². The predicted molar refractivity (Wildman–Crippen MR) is 54.0 cm³/mol. The van der Waals surface area contributed by atoms with Crippen LogP contribution in [0.1, 0.15) is 0 Å². The van der Waals surface area contributed by atoms with Gasteiger partial charge in [-0.15, -0.1) is 0 Å². The Bertz CT molecular complexity index is 66.6. The molecule has 0 amide bonds. The second-order valence-electron chi connectivity index (χ2n) is 3.02. The molecular formula is C5H19NSi3. The average molecular weight is 177 g/mol. The molecule has 0 heterocycles. The van der Waals surface area contributed by atoms with Crippen LogP contribution in [0.5, 0.6) is 0 Å². The van der Waals surface area contributed by atoms with Crippen molar-refractivity contribution in [3.63, 3.8) is 0 Å². The molecule has 56 valence electrons. The predicted octanol–water partition coefficient (Wildman–Crippen LogP) is 0.387. The van der Waals surface area contributed by atoms with Gasteiger partial charge in [0.2, 0.25) is 0 Å². The molecule has 9 heavy (non-hydrogen) atoms. The van der Waals surface area contributed by atoms with Crippen molar-refractivity contribution in [3.05, 3.63) is 0 Å². The second kappa shape index (κ2) is 4.43. The van der Waals surface area contributed by atoms with Gasteiger partial charge in [-0.25, -0.2) is 0 Å². The lowest BCUT2D eigenvalue weighted by Crippen LogP contribution is -2.44. The molecule has 0 aromatic rings. The minimum Gasteiger partial charge on any atom is -0.378 e. The van der Waals surface area contributed by atoms with Crippen molar-refractivity contribution in [2.45, 2.75) is 32.7 Å².